The standard InChI is InChI=1S/C17H21NO4/c1-18(20)8-7-17-6-5-12(19)9-14(17)22-16-13(21-2)4-3-11(10-18)15(16)17/h3-6,12,14,19H,7-10H2,1-2H3/t12-,14-,17-,18+/m0/s1. The average Bonchev–Trinajstić information content (AvgIpc) is 2.74. The van der Waals surface area contributed by atoms with Crippen molar-refractivity contribution in [3.8, 4) is 11.5 Å². The van der Waals surface area contributed by atoms with Crippen LogP contribution in [0.25, 0.3) is 0 Å². The molecule has 1 spiro atoms. The first-order valence-corrected chi connectivity index (χ1v) is 7.75. The van der Waals surface area contributed by atoms with Gasteiger partial charge in [-0.1, -0.05) is 12.2 Å². The van der Waals surface area contributed by atoms with Gasteiger partial charge in [-0.15, -0.1) is 0 Å². The van der Waals surface area contributed by atoms with Crippen molar-refractivity contribution < 1.29 is 19.2 Å². The number of nitrogens with zero attached hydrogens (tertiary/aromatic N) is 1. The van der Waals surface area contributed by atoms with Crippen molar-refractivity contribution in [1.29, 1.82) is 0 Å². The van der Waals surface area contributed by atoms with Crippen LogP contribution in [0.2, 0.25) is 0 Å². The Morgan fingerprint density at radius 1 is 1.45 bits per heavy atom. The van der Waals surface area contributed by atoms with Gasteiger partial charge in [-0.05, 0) is 12.1 Å². The Hall–Kier alpha value is -1.56. The Morgan fingerprint density at radius 2 is 2.27 bits per heavy atom. The van der Waals surface area contributed by atoms with Crippen molar-refractivity contribution >= 4 is 0 Å². The highest BCUT2D eigenvalue weighted by atomic mass is 16.5. The summed E-state index contributed by atoms with van der Waals surface area (Å²) >= 11 is 0. The molecule has 0 fully saturated rings. The molecule has 1 N–H and O–H groups in total. The zero-order chi connectivity index (χ0) is 15.5. The number of benzene rings is 1. The second-order valence-corrected chi connectivity index (χ2v) is 6.87. The molecule has 0 bridgehead atoms. The molecule has 2 heterocycles. The fourth-order valence-electron chi connectivity index (χ4n) is 4.19. The van der Waals surface area contributed by atoms with Crippen LogP contribution in [0, 0.1) is 5.21 Å². The second kappa shape index (κ2) is 4.47. The average molecular weight is 303 g/mol. The molecular weight excluding hydrogens is 282 g/mol. The molecule has 1 aromatic rings. The Balaban J connectivity index is 1.96. The number of hydroxylamine groups is 3. The van der Waals surface area contributed by atoms with Gasteiger partial charge in [0.25, 0.3) is 0 Å². The summed E-state index contributed by atoms with van der Waals surface area (Å²) in [5.41, 5.74) is 1.82. The van der Waals surface area contributed by atoms with E-state index in [1.807, 2.05) is 18.2 Å². The van der Waals surface area contributed by atoms with Crippen LogP contribution in [0.3, 0.4) is 0 Å². The van der Waals surface area contributed by atoms with E-state index in [4.69, 9.17) is 9.47 Å². The van der Waals surface area contributed by atoms with Crippen molar-refractivity contribution in [2.75, 3.05) is 20.7 Å². The third-order valence-corrected chi connectivity index (χ3v) is 5.30. The van der Waals surface area contributed by atoms with Gasteiger partial charge in [-0.25, -0.2) is 0 Å². The van der Waals surface area contributed by atoms with E-state index in [1.54, 1.807) is 14.2 Å². The molecule has 5 heteroatoms. The summed E-state index contributed by atoms with van der Waals surface area (Å²) in [5, 5.41) is 22.6. The van der Waals surface area contributed by atoms with Gasteiger partial charge in [0.15, 0.2) is 11.5 Å². The second-order valence-electron chi connectivity index (χ2n) is 6.87. The van der Waals surface area contributed by atoms with Crippen LogP contribution in [0.1, 0.15) is 24.0 Å². The van der Waals surface area contributed by atoms with Crippen LogP contribution in [0.5, 0.6) is 11.5 Å². The molecule has 0 saturated carbocycles. The summed E-state index contributed by atoms with van der Waals surface area (Å²) in [4.78, 5) is 0. The van der Waals surface area contributed by atoms with E-state index in [0.717, 1.165) is 23.3 Å². The molecule has 1 aromatic carbocycles. The highest BCUT2D eigenvalue weighted by Crippen LogP contribution is 2.56. The molecule has 2 aliphatic heterocycles. The van der Waals surface area contributed by atoms with Crippen molar-refractivity contribution in [3.63, 3.8) is 0 Å². The van der Waals surface area contributed by atoms with Crippen LogP contribution >= 0.6 is 0 Å². The van der Waals surface area contributed by atoms with Crippen LogP contribution in [-0.2, 0) is 12.0 Å². The molecule has 0 aromatic heterocycles. The fourth-order valence-corrected chi connectivity index (χ4v) is 4.19. The molecule has 118 valence electrons. The number of ether oxygens (including phenoxy) is 2. The normalized spacial score (nSPS) is 38.7. The zero-order valence-electron chi connectivity index (χ0n) is 12.9. The lowest BCUT2D eigenvalue weighted by Crippen LogP contribution is -2.44. The molecule has 0 unspecified atom stereocenters. The predicted octanol–water partition coefficient (Wildman–Crippen LogP) is 1.86. The molecule has 22 heavy (non-hydrogen) atoms. The van der Waals surface area contributed by atoms with Crippen LogP contribution < -0.4 is 9.47 Å². The number of hydrogen-bond donors (Lipinski definition) is 1. The quantitative estimate of drug-likeness (QED) is 0.489. The van der Waals surface area contributed by atoms with Crippen molar-refractivity contribution in [3.05, 3.63) is 40.6 Å². The van der Waals surface area contributed by atoms with Crippen molar-refractivity contribution in [2.24, 2.45) is 0 Å². The van der Waals surface area contributed by atoms with Gasteiger partial charge in [0.1, 0.15) is 12.6 Å². The molecule has 0 radical (unpaired) electrons. The minimum absolute atomic E-state index is 0.129. The highest BCUT2D eigenvalue weighted by molar-refractivity contribution is 5.60. The van der Waals surface area contributed by atoms with E-state index in [0.29, 0.717) is 25.3 Å². The monoisotopic (exact) mass is 303 g/mol. The van der Waals surface area contributed by atoms with E-state index < -0.39 is 6.10 Å². The Labute approximate surface area is 129 Å². The van der Waals surface area contributed by atoms with Crippen LogP contribution in [0.15, 0.2) is 24.3 Å². The molecule has 4 rings (SSSR count). The number of hydrogen-bond acceptors (Lipinski definition) is 4. The van der Waals surface area contributed by atoms with Gasteiger partial charge in [0, 0.05) is 24.0 Å². The van der Waals surface area contributed by atoms with Gasteiger partial charge in [0.2, 0.25) is 0 Å². The molecule has 1 aliphatic carbocycles. The maximum absolute atomic E-state index is 12.7. The first-order valence-electron chi connectivity index (χ1n) is 7.75. The number of rotatable bonds is 1. The molecule has 0 amide bonds. The molecule has 5 nitrogen and oxygen atoms in total. The first-order chi connectivity index (χ1) is 10.5. The van der Waals surface area contributed by atoms with Crippen molar-refractivity contribution in [1.82, 2.24) is 0 Å². The van der Waals surface area contributed by atoms with Crippen molar-refractivity contribution in [2.45, 2.75) is 37.0 Å². The topological polar surface area (TPSA) is 61.8 Å². The van der Waals surface area contributed by atoms with E-state index in [1.165, 1.54) is 0 Å². The van der Waals surface area contributed by atoms with Crippen LogP contribution in [0.4, 0.5) is 0 Å². The van der Waals surface area contributed by atoms with Gasteiger partial charge in [-0.2, -0.15) is 0 Å². The third kappa shape index (κ3) is 1.82. The minimum Gasteiger partial charge on any atom is -0.633 e. The van der Waals surface area contributed by atoms with Gasteiger partial charge in [-0.3, -0.25) is 0 Å². The number of aliphatic hydroxyl groups is 1. The summed E-state index contributed by atoms with van der Waals surface area (Å²) in [6.07, 6.45) is 4.57. The number of quaternary nitrogens is 1. The molecule has 4 atom stereocenters. The van der Waals surface area contributed by atoms with E-state index >= 15 is 0 Å². The Kier molecular flexibility index (Phi) is 2.86. The zero-order valence-corrected chi connectivity index (χ0v) is 12.9. The molecule has 0 saturated heterocycles. The maximum atomic E-state index is 12.7. The minimum atomic E-state index is -0.490. The molecular formula is C17H21NO4. The SMILES string of the molecule is COc1ccc2c3c1O[C@H]1C[C@@H](O)C=C[C@@]31CC[N@@+](C)([O-])C2. The Bertz CT molecular complexity index is 654. The Morgan fingerprint density at radius 3 is 3.05 bits per heavy atom. The summed E-state index contributed by atoms with van der Waals surface area (Å²) in [6, 6.07) is 3.87. The summed E-state index contributed by atoms with van der Waals surface area (Å²) in [5.74, 6) is 1.46. The van der Waals surface area contributed by atoms with Gasteiger partial charge in [0.05, 0.1) is 32.2 Å². The summed E-state index contributed by atoms with van der Waals surface area (Å²) in [7, 11) is 3.36. The van der Waals surface area contributed by atoms with E-state index in [2.05, 4.69) is 6.08 Å². The van der Waals surface area contributed by atoms with Crippen LogP contribution in [-0.4, -0.2) is 42.7 Å². The van der Waals surface area contributed by atoms with E-state index in [-0.39, 0.29) is 16.2 Å². The summed E-state index contributed by atoms with van der Waals surface area (Å²) < 4.78 is 11.4. The fraction of sp³-hybridized carbons (Fsp3) is 0.529. The van der Waals surface area contributed by atoms with Gasteiger partial charge >= 0.3 is 0 Å². The third-order valence-electron chi connectivity index (χ3n) is 5.30. The van der Waals surface area contributed by atoms with Gasteiger partial charge < -0.3 is 24.4 Å². The lowest BCUT2D eigenvalue weighted by Gasteiger charge is -2.40. The first kappa shape index (κ1) is 14.1. The highest BCUT2D eigenvalue weighted by Gasteiger charge is 2.53. The largest absolute Gasteiger partial charge is 0.633 e. The van der Waals surface area contributed by atoms with E-state index in [9.17, 15) is 10.3 Å². The lowest BCUT2D eigenvalue weighted by atomic mass is 9.69. The lowest BCUT2D eigenvalue weighted by molar-refractivity contribution is -0.874. The summed E-state index contributed by atoms with van der Waals surface area (Å²) in [6.45, 7) is 0.983. The number of methoxy groups -OCH3 is 1. The predicted molar refractivity (Wildman–Crippen MR) is 81.6 cm³/mol. The number of aliphatic hydroxyl groups excluding tert-OH is 1. The smallest absolute Gasteiger partial charge is 0.166 e. The molecule has 3 aliphatic rings. The maximum Gasteiger partial charge on any atom is 0.166 e.